The second kappa shape index (κ2) is 3.79. The maximum atomic E-state index is 5.79. The summed E-state index contributed by atoms with van der Waals surface area (Å²) in [5.41, 5.74) is 0.832. The van der Waals surface area contributed by atoms with Gasteiger partial charge in [-0.1, -0.05) is 30.3 Å². The number of para-hydroxylation sites is 2. The lowest BCUT2D eigenvalue weighted by Crippen LogP contribution is -2.37. The summed E-state index contributed by atoms with van der Waals surface area (Å²) >= 11 is 0. The Morgan fingerprint density at radius 1 is 0.824 bits per heavy atom. The van der Waals surface area contributed by atoms with Gasteiger partial charge < -0.3 is 14.2 Å². The maximum Gasteiger partial charge on any atom is 0.401 e. The lowest BCUT2D eigenvalue weighted by Gasteiger charge is -2.25. The molecule has 0 bridgehead atoms. The third-order valence-electron chi connectivity index (χ3n) is 2.73. The van der Waals surface area contributed by atoms with Crippen molar-refractivity contribution >= 4 is 0 Å². The summed E-state index contributed by atoms with van der Waals surface area (Å²) in [5, 5.41) is 0. The molecule has 0 unspecified atom stereocenters. The van der Waals surface area contributed by atoms with Crippen LogP contribution in [0.2, 0.25) is 0 Å². The zero-order valence-corrected chi connectivity index (χ0v) is 9.42. The number of hydrogen-bond donors (Lipinski definition) is 0. The highest BCUT2D eigenvalue weighted by Gasteiger charge is 2.44. The van der Waals surface area contributed by atoms with Gasteiger partial charge in [0.1, 0.15) is 0 Å². The van der Waals surface area contributed by atoms with E-state index in [-0.39, 0.29) is 0 Å². The molecule has 0 spiro atoms. The Morgan fingerprint density at radius 2 is 1.35 bits per heavy atom. The van der Waals surface area contributed by atoms with Crippen LogP contribution in [0, 0.1) is 0 Å². The summed E-state index contributed by atoms with van der Waals surface area (Å²) in [5.74, 6) is 0.224. The second-order valence-corrected chi connectivity index (χ2v) is 3.78. The molecule has 1 aliphatic rings. The molecule has 0 N–H and O–H groups in total. The van der Waals surface area contributed by atoms with E-state index < -0.39 is 5.97 Å². The van der Waals surface area contributed by atoms with Gasteiger partial charge in [-0.05, 0) is 24.3 Å². The van der Waals surface area contributed by atoms with E-state index in [2.05, 4.69) is 0 Å². The monoisotopic (exact) mass is 228 g/mol. The Morgan fingerprint density at radius 3 is 1.88 bits per heavy atom. The van der Waals surface area contributed by atoms with Crippen molar-refractivity contribution in [1.29, 1.82) is 0 Å². The van der Waals surface area contributed by atoms with Crippen LogP contribution in [0.5, 0.6) is 11.5 Å². The van der Waals surface area contributed by atoms with Crippen LogP contribution >= 0.6 is 0 Å². The summed E-state index contributed by atoms with van der Waals surface area (Å²) in [6.45, 7) is 0. The van der Waals surface area contributed by atoms with Gasteiger partial charge in [-0.2, -0.15) is 0 Å². The van der Waals surface area contributed by atoms with Crippen LogP contribution in [0.3, 0.4) is 0 Å². The van der Waals surface area contributed by atoms with Crippen molar-refractivity contribution in [1.82, 2.24) is 0 Å². The van der Waals surface area contributed by atoms with E-state index in [1.54, 1.807) is 7.11 Å². The summed E-state index contributed by atoms with van der Waals surface area (Å²) in [4.78, 5) is 0. The molecule has 0 saturated carbocycles. The maximum absolute atomic E-state index is 5.79. The molecule has 0 radical (unpaired) electrons. The highest BCUT2D eigenvalue weighted by Crippen LogP contribution is 2.43. The van der Waals surface area contributed by atoms with Crippen molar-refractivity contribution in [2.75, 3.05) is 7.11 Å². The van der Waals surface area contributed by atoms with Gasteiger partial charge in [-0.15, -0.1) is 0 Å². The smallest absolute Gasteiger partial charge is 0.401 e. The molecule has 1 aliphatic heterocycles. The second-order valence-electron chi connectivity index (χ2n) is 3.78. The first-order valence-corrected chi connectivity index (χ1v) is 5.42. The molecule has 0 saturated heterocycles. The summed E-state index contributed by atoms with van der Waals surface area (Å²) in [6, 6.07) is 17.1. The number of methoxy groups -OCH3 is 1. The van der Waals surface area contributed by atoms with E-state index in [0.29, 0.717) is 11.5 Å². The quantitative estimate of drug-likeness (QED) is 0.791. The van der Waals surface area contributed by atoms with Gasteiger partial charge in [0.25, 0.3) is 0 Å². The Bertz CT molecular complexity index is 497. The molecule has 2 aromatic carbocycles. The van der Waals surface area contributed by atoms with Gasteiger partial charge >= 0.3 is 5.97 Å². The van der Waals surface area contributed by atoms with Gasteiger partial charge in [0, 0.05) is 7.11 Å². The van der Waals surface area contributed by atoms with E-state index in [9.17, 15) is 0 Å². The first-order chi connectivity index (χ1) is 8.34. The molecule has 86 valence electrons. The topological polar surface area (TPSA) is 27.7 Å². The predicted octanol–water partition coefficient (Wildman–Crippen LogP) is 2.91. The third kappa shape index (κ3) is 1.56. The lowest BCUT2D eigenvalue weighted by atomic mass is 10.2. The average molecular weight is 228 g/mol. The first-order valence-electron chi connectivity index (χ1n) is 5.42. The molecule has 3 heteroatoms. The van der Waals surface area contributed by atoms with Crippen molar-refractivity contribution < 1.29 is 14.2 Å². The molecule has 17 heavy (non-hydrogen) atoms. The van der Waals surface area contributed by atoms with E-state index in [1.807, 2.05) is 54.6 Å². The summed E-state index contributed by atoms with van der Waals surface area (Å²) in [6.07, 6.45) is 0. The predicted molar refractivity (Wildman–Crippen MR) is 62.8 cm³/mol. The van der Waals surface area contributed by atoms with E-state index in [4.69, 9.17) is 14.2 Å². The van der Waals surface area contributed by atoms with Crippen LogP contribution in [0.25, 0.3) is 0 Å². The molecular formula is C14H12O3. The summed E-state index contributed by atoms with van der Waals surface area (Å²) in [7, 11) is 1.57. The number of hydrogen-bond acceptors (Lipinski definition) is 3. The molecule has 0 aromatic heterocycles. The summed E-state index contributed by atoms with van der Waals surface area (Å²) < 4.78 is 17.0. The molecule has 2 aromatic rings. The lowest BCUT2D eigenvalue weighted by molar-refractivity contribution is -0.279. The van der Waals surface area contributed by atoms with Crippen LogP contribution in [-0.4, -0.2) is 7.11 Å². The molecule has 0 fully saturated rings. The van der Waals surface area contributed by atoms with Gasteiger partial charge in [-0.25, -0.2) is 0 Å². The highest BCUT2D eigenvalue weighted by atomic mass is 16.9. The van der Waals surface area contributed by atoms with Crippen molar-refractivity contribution in [3.05, 3.63) is 60.2 Å². The Kier molecular flexibility index (Phi) is 2.27. The molecule has 0 amide bonds. The van der Waals surface area contributed by atoms with Crippen molar-refractivity contribution in [3.63, 3.8) is 0 Å². The van der Waals surface area contributed by atoms with Crippen molar-refractivity contribution in [3.8, 4) is 11.5 Å². The average Bonchev–Trinajstić information content (AvgIpc) is 2.79. The SMILES string of the molecule is COC1(c2ccccc2)Oc2ccccc2O1. The number of ether oxygens (including phenoxy) is 3. The minimum absolute atomic E-state index is 0.693. The van der Waals surface area contributed by atoms with Gasteiger partial charge in [0.05, 0.1) is 5.56 Å². The van der Waals surface area contributed by atoms with E-state index >= 15 is 0 Å². The molecule has 1 heterocycles. The number of fused-ring (bicyclic) bond motifs is 1. The van der Waals surface area contributed by atoms with E-state index in [0.717, 1.165) is 5.56 Å². The van der Waals surface area contributed by atoms with Crippen LogP contribution < -0.4 is 9.47 Å². The third-order valence-corrected chi connectivity index (χ3v) is 2.73. The largest absolute Gasteiger partial charge is 0.422 e. The van der Waals surface area contributed by atoms with Crippen molar-refractivity contribution in [2.45, 2.75) is 5.97 Å². The van der Waals surface area contributed by atoms with Crippen LogP contribution in [0.15, 0.2) is 54.6 Å². The fraction of sp³-hybridized carbons (Fsp3) is 0.143. The van der Waals surface area contributed by atoms with Gasteiger partial charge in [0.2, 0.25) is 0 Å². The number of benzene rings is 2. The molecule has 3 rings (SSSR count). The van der Waals surface area contributed by atoms with Crippen LogP contribution in [0.1, 0.15) is 5.56 Å². The normalized spacial score (nSPS) is 15.8. The van der Waals surface area contributed by atoms with E-state index in [1.165, 1.54) is 0 Å². The molecule has 0 aliphatic carbocycles. The number of rotatable bonds is 2. The van der Waals surface area contributed by atoms with Crippen molar-refractivity contribution in [2.24, 2.45) is 0 Å². The highest BCUT2D eigenvalue weighted by molar-refractivity contribution is 5.43. The fourth-order valence-electron chi connectivity index (χ4n) is 1.89. The Hall–Kier alpha value is -2.00. The minimum Gasteiger partial charge on any atom is -0.422 e. The van der Waals surface area contributed by atoms with Crippen LogP contribution in [0.4, 0.5) is 0 Å². The van der Waals surface area contributed by atoms with Crippen LogP contribution in [-0.2, 0) is 10.7 Å². The standard InChI is InChI=1S/C14H12O3/c1-15-14(11-7-3-2-4-8-11)16-12-9-5-6-10-13(12)17-14/h2-10H,1H3. The Balaban J connectivity index is 2.03. The fourth-order valence-corrected chi connectivity index (χ4v) is 1.89. The molecule has 3 nitrogen and oxygen atoms in total. The first kappa shape index (κ1) is 10.2. The minimum atomic E-state index is -1.16. The Labute approximate surface area is 99.6 Å². The molecular weight excluding hydrogens is 216 g/mol. The molecule has 0 atom stereocenters. The van der Waals surface area contributed by atoms with Gasteiger partial charge in [0.15, 0.2) is 11.5 Å². The zero-order valence-electron chi connectivity index (χ0n) is 9.42. The van der Waals surface area contributed by atoms with Gasteiger partial charge in [-0.3, -0.25) is 0 Å². The zero-order chi connectivity index (χ0) is 11.7.